The molecule has 0 aromatic carbocycles. The molecule has 1 amide bonds. The summed E-state index contributed by atoms with van der Waals surface area (Å²) in [7, 11) is 0. The van der Waals surface area contributed by atoms with Crippen LogP contribution in [0.25, 0.3) is 0 Å². The Morgan fingerprint density at radius 1 is 1.33 bits per heavy atom. The molecule has 0 saturated carbocycles. The van der Waals surface area contributed by atoms with Gasteiger partial charge in [0.1, 0.15) is 0 Å². The van der Waals surface area contributed by atoms with Crippen molar-refractivity contribution in [2.24, 2.45) is 11.3 Å². The number of rotatable bonds is 4. The second-order valence-electron chi connectivity index (χ2n) is 7.14. The Hall–Kier alpha value is 0.130. The minimum absolute atomic E-state index is 0.145. The van der Waals surface area contributed by atoms with Crippen LogP contribution in [0.2, 0.25) is 0 Å². The summed E-state index contributed by atoms with van der Waals surface area (Å²) in [5.74, 6) is 4.21. The van der Waals surface area contributed by atoms with Gasteiger partial charge in [-0.15, -0.1) is 0 Å². The molecule has 2 aliphatic rings. The molecular formula is C16H29NO2S2. The monoisotopic (exact) mass is 331 g/mol. The summed E-state index contributed by atoms with van der Waals surface area (Å²) < 4.78 is 5.98. The number of nitrogens with one attached hydrogen (secondary N) is 1. The highest BCUT2D eigenvalue weighted by Gasteiger charge is 2.35. The predicted octanol–water partition coefficient (Wildman–Crippen LogP) is 3.18. The number of hydrogen-bond donors (Lipinski definition) is 1. The second kappa shape index (κ2) is 8.11. The van der Waals surface area contributed by atoms with Crippen LogP contribution in [0, 0.1) is 11.3 Å². The van der Waals surface area contributed by atoms with E-state index < -0.39 is 0 Å². The third-order valence-corrected chi connectivity index (χ3v) is 7.00. The second-order valence-corrected chi connectivity index (χ2v) is 9.69. The highest BCUT2D eigenvalue weighted by molar-refractivity contribution is 8.06. The summed E-state index contributed by atoms with van der Waals surface area (Å²) in [5.41, 5.74) is 0.145. The summed E-state index contributed by atoms with van der Waals surface area (Å²) in [6.07, 6.45) is 3.20. The summed E-state index contributed by atoms with van der Waals surface area (Å²) in [6.45, 7) is 8.32. The van der Waals surface area contributed by atoms with Gasteiger partial charge in [0.2, 0.25) is 5.91 Å². The normalized spacial score (nSPS) is 30.9. The number of hydrogen-bond acceptors (Lipinski definition) is 4. The molecule has 0 radical (unpaired) electrons. The molecule has 3 nitrogen and oxygen atoms in total. The molecule has 1 N–H and O–H groups in total. The fraction of sp³-hybridized carbons (Fsp3) is 0.938. The van der Waals surface area contributed by atoms with E-state index in [-0.39, 0.29) is 17.4 Å². The molecule has 2 saturated heterocycles. The van der Waals surface area contributed by atoms with Crippen LogP contribution >= 0.6 is 23.5 Å². The van der Waals surface area contributed by atoms with Crippen molar-refractivity contribution in [2.45, 2.75) is 51.4 Å². The quantitative estimate of drug-likeness (QED) is 0.859. The van der Waals surface area contributed by atoms with E-state index in [9.17, 15) is 4.79 Å². The first kappa shape index (κ1) is 17.5. The lowest BCUT2D eigenvalue weighted by Gasteiger charge is -2.40. The maximum absolute atomic E-state index is 12.1. The Balaban J connectivity index is 1.76. The van der Waals surface area contributed by atoms with E-state index in [4.69, 9.17) is 4.74 Å². The largest absolute Gasteiger partial charge is 0.377 e. The van der Waals surface area contributed by atoms with E-state index in [2.05, 4.69) is 26.1 Å². The van der Waals surface area contributed by atoms with Crippen LogP contribution in [0.3, 0.4) is 0 Å². The molecule has 0 aromatic rings. The third-order valence-electron chi connectivity index (χ3n) is 4.16. The molecular weight excluding hydrogens is 302 g/mol. The third kappa shape index (κ3) is 5.68. The minimum Gasteiger partial charge on any atom is -0.377 e. The molecule has 3 atom stereocenters. The van der Waals surface area contributed by atoms with Gasteiger partial charge in [-0.05, 0) is 18.3 Å². The molecule has 2 rings (SSSR count). The Kier molecular flexibility index (Phi) is 6.76. The molecule has 3 unspecified atom stereocenters. The van der Waals surface area contributed by atoms with Gasteiger partial charge in [0.25, 0.3) is 0 Å². The van der Waals surface area contributed by atoms with Crippen LogP contribution in [0.5, 0.6) is 0 Å². The van der Waals surface area contributed by atoms with Crippen LogP contribution in [-0.4, -0.2) is 47.7 Å². The van der Waals surface area contributed by atoms with Gasteiger partial charge in [0.15, 0.2) is 0 Å². The van der Waals surface area contributed by atoms with Crippen molar-refractivity contribution >= 4 is 29.4 Å². The van der Waals surface area contributed by atoms with E-state index in [1.807, 2.05) is 23.5 Å². The Morgan fingerprint density at radius 2 is 2.14 bits per heavy atom. The molecule has 2 aliphatic heterocycles. The minimum atomic E-state index is 0.145. The van der Waals surface area contributed by atoms with E-state index in [0.717, 1.165) is 31.7 Å². The Labute approximate surface area is 137 Å². The average molecular weight is 332 g/mol. The predicted molar refractivity (Wildman–Crippen MR) is 93.1 cm³/mol. The molecule has 0 spiro atoms. The van der Waals surface area contributed by atoms with Gasteiger partial charge < -0.3 is 10.1 Å². The first-order valence-corrected chi connectivity index (χ1v) is 10.2. The highest BCUT2D eigenvalue weighted by Crippen LogP contribution is 2.33. The molecule has 2 heterocycles. The molecule has 0 aliphatic carbocycles. The first-order valence-electron chi connectivity index (χ1n) is 8.04. The summed E-state index contributed by atoms with van der Waals surface area (Å²) in [5, 5.41) is 3.66. The Bertz CT molecular complexity index is 338. The van der Waals surface area contributed by atoms with Gasteiger partial charge in [-0.25, -0.2) is 0 Å². The standard InChI is InChI=1S/C16H29NO2S2/c1-16(2,3)15-12(5-4-6-19-15)10-17-14(18)9-13-11-20-7-8-21-13/h12-13,15H,4-11H2,1-3H3,(H,17,18). The van der Waals surface area contributed by atoms with Gasteiger partial charge in [-0.1, -0.05) is 20.8 Å². The van der Waals surface area contributed by atoms with Crippen molar-refractivity contribution in [1.29, 1.82) is 0 Å². The van der Waals surface area contributed by atoms with Crippen molar-refractivity contribution in [3.8, 4) is 0 Å². The van der Waals surface area contributed by atoms with E-state index >= 15 is 0 Å². The lowest BCUT2D eigenvalue weighted by atomic mass is 9.78. The zero-order chi connectivity index (χ0) is 15.3. The van der Waals surface area contributed by atoms with E-state index in [0.29, 0.717) is 17.6 Å². The number of thioether (sulfide) groups is 2. The van der Waals surface area contributed by atoms with Crippen LogP contribution in [0.15, 0.2) is 0 Å². The van der Waals surface area contributed by atoms with Gasteiger partial charge in [-0.2, -0.15) is 23.5 Å². The molecule has 0 aromatic heterocycles. The highest BCUT2D eigenvalue weighted by atomic mass is 32.2. The number of carbonyl (C=O) groups excluding carboxylic acids is 1. The zero-order valence-electron chi connectivity index (χ0n) is 13.5. The SMILES string of the molecule is CC(C)(C)C1OCCCC1CNC(=O)CC1CSCCS1. The van der Waals surface area contributed by atoms with Crippen molar-refractivity contribution < 1.29 is 9.53 Å². The fourth-order valence-electron chi connectivity index (χ4n) is 3.19. The van der Waals surface area contributed by atoms with Crippen molar-refractivity contribution in [2.75, 3.05) is 30.4 Å². The summed E-state index contributed by atoms with van der Waals surface area (Å²) in [4.78, 5) is 12.1. The Morgan fingerprint density at radius 3 is 2.81 bits per heavy atom. The lowest BCUT2D eigenvalue weighted by Crippen LogP contribution is -2.45. The van der Waals surface area contributed by atoms with Gasteiger partial charge >= 0.3 is 0 Å². The molecule has 0 bridgehead atoms. The van der Waals surface area contributed by atoms with Crippen molar-refractivity contribution in [3.63, 3.8) is 0 Å². The maximum Gasteiger partial charge on any atom is 0.221 e. The number of ether oxygens (including phenoxy) is 1. The van der Waals surface area contributed by atoms with Crippen LogP contribution in [-0.2, 0) is 9.53 Å². The van der Waals surface area contributed by atoms with Crippen LogP contribution in [0.4, 0.5) is 0 Å². The average Bonchev–Trinajstić information content (AvgIpc) is 2.45. The van der Waals surface area contributed by atoms with Gasteiger partial charge in [-0.3, -0.25) is 4.79 Å². The topological polar surface area (TPSA) is 38.3 Å². The molecule has 21 heavy (non-hydrogen) atoms. The smallest absolute Gasteiger partial charge is 0.221 e. The molecule has 2 fully saturated rings. The van der Waals surface area contributed by atoms with Gasteiger partial charge in [0, 0.05) is 48.0 Å². The van der Waals surface area contributed by atoms with Gasteiger partial charge in [0.05, 0.1) is 6.10 Å². The molecule has 5 heteroatoms. The summed E-state index contributed by atoms with van der Waals surface area (Å²) in [6, 6.07) is 0. The van der Waals surface area contributed by atoms with E-state index in [1.54, 1.807) is 0 Å². The van der Waals surface area contributed by atoms with Crippen LogP contribution in [0.1, 0.15) is 40.0 Å². The number of amides is 1. The van der Waals surface area contributed by atoms with Crippen LogP contribution < -0.4 is 5.32 Å². The first-order chi connectivity index (χ1) is 9.97. The summed E-state index contributed by atoms with van der Waals surface area (Å²) >= 11 is 3.93. The molecule has 122 valence electrons. The van der Waals surface area contributed by atoms with Crippen molar-refractivity contribution in [3.05, 3.63) is 0 Å². The van der Waals surface area contributed by atoms with E-state index in [1.165, 1.54) is 11.5 Å². The van der Waals surface area contributed by atoms with Crippen molar-refractivity contribution in [1.82, 2.24) is 5.32 Å². The number of carbonyl (C=O) groups is 1. The maximum atomic E-state index is 12.1. The zero-order valence-corrected chi connectivity index (χ0v) is 15.2. The lowest BCUT2D eigenvalue weighted by molar-refractivity contribution is -0.122. The fourth-order valence-corrected chi connectivity index (χ4v) is 5.87.